The van der Waals surface area contributed by atoms with Crippen LogP contribution in [0.1, 0.15) is 23.6 Å². The van der Waals surface area contributed by atoms with Gasteiger partial charge in [0.1, 0.15) is 0 Å². The van der Waals surface area contributed by atoms with Crippen molar-refractivity contribution in [2.45, 2.75) is 19.4 Å². The fourth-order valence-electron chi connectivity index (χ4n) is 1.28. The molecule has 1 aromatic carbocycles. The number of carboxylic acids is 1. The molecular weight excluding hydrogens is 281 g/mol. The van der Waals surface area contributed by atoms with Crippen LogP contribution in [-0.4, -0.2) is 11.1 Å². The lowest BCUT2D eigenvalue weighted by molar-refractivity contribution is -0.137. The number of aryl methyl sites for hydroxylation is 1. The van der Waals surface area contributed by atoms with Crippen LogP contribution in [0.5, 0.6) is 0 Å². The van der Waals surface area contributed by atoms with E-state index in [1.54, 1.807) is 0 Å². The third kappa shape index (κ3) is 4.64. The highest BCUT2D eigenvalue weighted by Gasteiger charge is 2.11. The van der Waals surface area contributed by atoms with E-state index in [-0.39, 0.29) is 18.8 Å². The number of carboxylic acid groups (broad SMARTS) is 1. The van der Waals surface area contributed by atoms with Gasteiger partial charge in [0.2, 0.25) is 0 Å². The van der Waals surface area contributed by atoms with Crippen molar-refractivity contribution < 1.29 is 9.90 Å². The zero-order chi connectivity index (χ0) is 10.7. The van der Waals surface area contributed by atoms with E-state index >= 15 is 0 Å². The third-order valence-corrected chi connectivity index (χ3v) is 2.34. The summed E-state index contributed by atoms with van der Waals surface area (Å²) >= 11 is 3.34. The van der Waals surface area contributed by atoms with E-state index in [0.717, 1.165) is 15.6 Å². The lowest BCUT2D eigenvalue weighted by Crippen LogP contribution is -2.15. The van der Waals surface area contributed by atoms with E-state index in [1.807, 2.05) is 25.1 Å². The summed E-state index contributed by atoms with van der Waals surface area (Å²) in [4.78, 5) is 10.5. The molecule has 1 rings (SSSR count). The van der Waals surface area contributed by atoms with Gasteiger partial charge >= 0.3 is 5.97 Å². The van der Waals surface area contributed by atoms with Gasteiger partial charge in [0.05, 0.1) is 6.42 Å². The zero-order valence-corrected chi connectivity index (χ0v) is 10.6. The van der Waals surface area contributed by atoms with Crippen LogP contribution < -0.4 is 5.73 Å². The maximum Gasteiger partial charge on any atom is 0.305 e. The zero-order valence-electron chi connectivity index (χ0n) is 8.24. The Morgan fingerprint density at radius 3 is 2.60 bits per heavy atom. The van der Waals surface area contributed by atoms with Gasteiger partial charge in [-0.2, -0.15) is 0 Å². The molecule has 0 saturated heterocycles. The Morgan fingerprint density at radius 2 is 2.13 bits per heavy atom. The summed E-state index contributed by atoms with van der Waals surface area (Å²) in [5.41, 5.74) is 7.64. The highest BCUT2D eigenvalue weighted by atomic mass is 79.9. The first-order valence-electron chi connectivity index (χ1n) is 4.23. The van der Waals surface area contributed by atoms with Crippen molar-refractivity contribution in [3.05, 3.63) is 33.8 Å². The van der Waals surface area contributed by atoms with Crippen molar-refractivity contribution in [3.63, 3.8) is 0 Å². The summed E-state index contributed by atoms with van der Waals surface area (Å²) in [5, 5.41) is 8.59. The lowest BCUT2D eigenvalue weighted by atomic mass is 10.0. The van der Waals surface area contributed by atoms with Crippen LogP contribution in [0.25, 0.3) is 0 Å². The predicted molar refractivity (Wildman–Crippen MR) is 65.3 cm³/mol. The van der Waals surface area contributed by atoms with Crippen LogP contribution in [0.15, 0.2) is 22.7 Å². The van der Waals surface area contributed by atoms with Crippen molar-refractivity contribution in [1.29, 1.82) is 0 Å². The van der Waals surface area contributed by atoms with Crippen LogP contribution in [-0.2, 0) is 4.79 Å². The Labute approximate surface area is 103 Å². The minimum absolute atomic E-state index is 0. The Balaban J connectivity index is 0.00000196. The van der Waals surface area contributed by atoms with Gasteiger partial charge in [-0.05, 0) is 30.2 Å². The first-order valence-corrected chi connectivity index (χ1v) is 5.03. The molecule has 0 aliphatic carbocycles. The van der Waals surface area contributed by atoms with Gasteiger partial charge in [-0.3, -0.25) is 4.79 Å². The molecular formula is C10H13BrClNO2. The summed E-state index contributed by atoms with van der Waals surface area (Å²) in [5.74, 6) is -0.880. The number of hydrogen-bond acceptors (Lipinski definition) is 2. The first kappa shape index (κ1) is 14.4. The third-order valence-electron chi connectivity index (χ3n) is 1.89. The van der Waals surface area contributed by atoms with Crippen molar-refractivity contribution >= 4 is 34.3 Å². The van der Waals surface area contributed by atoms with E-state index in [4.69, 9.17) is 10.8 Å². The van der Waals surface area contributed by atoms with Crippen LogP contribution in [0.3, 0.4) is 0 Å². The van der Waals surface area contributed by atoms with Crippen molar-refractivity contribution in [2.75, 3.05) is 0 Å². The Kier molecular flexibility index (Phi) is 5.87. The molecule has 0 spiro atoms. The van der Waals surface area contributed by atoms with Gasteiger partial charge in [-0.15, -0.1) is 12.4 Å². The fraction of sp³-hybridized carbons (Fsp3) is 0.300. The van der Waals surface area contributed by atoms with Gasteiger partial charge in [0.25, 0.3) is 0 Å². The second-order valence-electron chi connectivity index (χ2n) is 3.27. The average molecular weight is 295 g/mol. The van der Waals surface area contributed by atoms with Gasteiger partial charge in [0.15, 0.2) is 0 Å². The summed E-state index contributed by atoms with van der Waals surface area (Å²) in [6, 6.07) is 5.26. The summed E-state index contributed by atoms with van der Waals surface area (Å²) in [6.45, 7) is 1.95. The summed E-state index contributed by atoms with van der Waals surface area (Å²) in [7, 11) is 0. The SMILES string of the molecule is Cc1cc(Br)cc(C(N)CC(=O)O)c1.Cl. The monoisotopic (exact) mass is 293 g/mol. The van der Waals surface area contributed by atoms with Crippen LogP contribution in [0, 0.1) is 6.92 Å². The molecule has 0 aliphatic rings. The second-order valence-corrected chi connectivity index (χ2v) is 4.18. The number of aliphatic carboxylic acids is 1. The van der Waals surface area contributed by atoms with Crippen molar-refractivity contribution in [1.82, 2.24) is 0 Å². The fourth-order valence-corrected chi connectivity index (χ4v) is 1.91. The van der Waals surface area contributed by atoms with Crippen LogP contribution in [0.4, 0.5) is 0 Å². The predicted octanol–water partition coefficient (Wildman–Crippen LogP) is 2.65. The number of carbonyl (C=O) groups is 1. The Bertz CT molecular complexity index is 337. The molecule has 0 heterocycles. The Hall–Kier alpha value is -0.580. The highest BCUT2D eigenvalue weighted by Crippen LogP contribution is 2.21. The van der Waals surface area contributed by atoms with E-state index in [2.05, 4.69) is 15.9 Å². The molecule has 84 valence electrons. The quantitative estimate of drug-likeness (QED) is 0.901. The number of halogens is 2. The maximum absolute atomic E-state index is 10.5. The molecule has 15 heavy (non-hydrogen) atoms. The standard InChI is InChI=1S/C10H12BrNO2.ClH/c1-6-2-7(4-8(11)3-6)9(12)5-10(13)14;/h2-4,9H,5,12H2,1H3,(H,13,14);1H. The minimum Gasteiger partial charge on any atom is -0.481 e. The molecule has 0 radical (unpaired) electrons. The second kappa shape index (κ2) is 6.10. The first-order chi connectivity index (χ1) is 6.49. The average Bonchev–Trinajstić information content (AvgIpc) is 2.00. The van der Waals surface area contributed by atoms with Crippen LogP contribution in [0.2, 0.25) is 0 Å². The van der Waals surface area contributed by atoms with E-state index in [1.165, 1.54) is 0 Å². The summed E-state index contributed by atoms with van der Waals surface area (Å²) < 4.78 is 0.924. The van der Waals surface area contributed by atoms with Gasteiger partial charge in [-0.1, -0.05) is 22.0 Å². The van der Waals surface area contributed by atoms with E-state index in [0.29, 0.717) is 0 Å². The minimum atomic E-state index is -0.880. The van der Waals surface area contributed by atoms with E-state index in [9.17, 15) is 4.79 Å². The number of benzene rings is 1. The van der Waals surface area contributed by atoms with Crippen LogP contribution >= 0.6 is 28.3 Å². The highest BCUT2D eigenvalue weighted by molar-refractivity contribution is 9.10. The molecule has 1 aromatic rings. The van der Waals surface area contributed by atoms with Gasteiger partial charge in [0, 0.05) is 10.5 Å². The van der Waals surface area contributed by atoms with E-state index < -0.39 is 12.0 Å². The number of hydrogen-bond donors (Lipinski definition) is 2. The lowest BCUT2D eigenvalue weighted by Gasteiger charge is -2.10. The number of nitrogens with two attached hydrogens (primary N) is 1. The molecule has 0 fully saturated rings. The smallest absolute Gasteiger partial charge is 0.305 e. The Morgan fingerprint density at radius 1 is 1.53 bits per heavy atom. The summed E-state index contributed by atoms with van der Waals surface area (Å²) in [6.07, 6.45) is -0.0457. The molecule has 3 N–H and O–H groups in total. The normalized spacial score (nSPS) is 11.7. The molecule has 0 aromatic heterocycles. The molecule has 1 atom stereocenters. The molecule has 0 bridgehead atoms. The van der Waals surface area contributed by atoms with Crippen molar-refractivity contribution in [2.24, 2.45) is 5.73 Å². The number of rotatable bonds is 3. The molecule has 0 saturated carbocycles. The topological polar surface area (TPSA) is 63.3 Å². The maximum atomic E-state index is 10.5. The molecule has 3 nitrogen and oxygen atoms in total. The van der Waals surface area contributed by atoms with Crippen molar-refractivity contribution in [3.8, 4) is 0 Å². The van der Waals surface area contributed by atoms with Gasteiger partial charge in [-0.25, -0.2) is 0 Å². The molecule has 0 amide bonds. The largest absolute Gasteiger partial charge is 0.481 e. The van der Waals surface area contributed by atoms with Gasteiger partial charge < -0.3 is 10.8 Å². The molecule has 1 unspecified atom stereocenters. The molecule has 0 aliphatic heterocycles. The molecule has 5 heteroatoms.